The van der Waals surface area contributed by atoms with E-state index in [0.29, 0.717) is 6.42 Å². The number of rotatable bonds is 5. The summed E-state index contributed by atoms with van der Waals surface area (Å²) in [4.78, 5) is 14.5. The molecule has 0 bridgehead atoms. The lowest BCUT2D eigenvalue weighted by Gasteiger charge is -2.42. The van der Waals surface area contributed by atoms with E-state index in [1.54, 1.807) is 0 Å². The van der Waals surface area contributed by atoms with Crippen LogP contribution < -0.4 is 0 Å². The highest BCUT2D eigenvalue weighted by atomic mass is 16.3. The van der Waals surface area contributed by atoms with Gasteiger partial charge in [-0.1, -0.05) is 36.8 Å². The number of carbonyl (C=O) groups excluding carboxylic acids is 1. The summed E-state index contributed by atoms with van der Waals surface area (Å²) in [6.07, 6.45) is 8.79. The minimum atomic E-state index is -0.198. The van der Waals surface area contributed by atoms with E-state index in [2.05, 4.69) is 24.3 Å². The lowest BCUT2D eigenvalue weighted by molar-refractivity contribution is -0.136. The standard InChI is InChI=1S/C20H29NO2/c22-18-11-6-13-20(18)14-7-15-21(16-20)19(23)12-5-4-10-17-8-2-1-3-9-17/h1-3,8-9,18,22H,4-7,10-16H2/t18-,20-/m1/s1. The van der Waals surface area contributed by atoms with Crippen LogP contribution in [0.25, 0.3) is 0 Å². The summed E-state index contributed by atoms with van der Waals surface area (Å²) in [5.41, 5.74) is 1.36. The molecule has 1 saturated heterocycles. The van der Waals surface area contributed by atoms with Gasteiger partial charge in [-0.25, -0.2) is 0 Å². The number of hydrogen-bond acceptors (Lipinski definition) is 2. The molecule has 1 saturated carbocycles. The van der Waals surface area contributed by atoms with Gasteiger partial charge in [0.15, 0.2) is 0 Å². The second kappa shape index (κ2) is 7.48. The van der Waals surface area contributed by atoms with Crippen molar-refractivity contribution in [1.29, 1.82) is 0 Å². The second-order valence-corrected chi connectivity index (χ2v) is 7.38. The zero-order valence-electron chi connectivity index (χ0n) is 14.0. The Hall–Kier alpha value is -1.35. The van der Waals surface area contributed by atoms with Crippen LogP contribution in [0.3, 0.4) is 0 Å². The highest BCUT2D eigenvalue weighted by molar-refractivity contribution is 5.76. The number of benzene rings is 1. The van der Waals surface area contributed by atoms with Crippen molar-refractivity contribution in [3.05, 3.63) is 35.9 Å². The summed E-state index contributed by atoms with van der Waals surface area (Å²) < 4.78 is 0. The van der Waals surface area contributed by atoms with Gasteiger partial charge < -0.3 is 10.0 Å². The van der Waals surface area contributed by atoms with E-state index in [-0.39, 0.29) is 17.4 Å². The van der Waals surface area contributed by atoms with E-state index in [1.807, 2.05) is 11.0 Å². The van der Waals surface area contributed by atoms with Crippen LogP contribution in [0.4, 0.5) is 0 Å². The maximum absolute atomic E-state index is 12.5. The average molecular weight is 315 g/mol. The molecule has 1 amide bonds. The Morgan fingerprint density at radius 3 is 2.70 bits per heavy atom. The number of aliphatic hydroxyl groups excluding tert-OH is 1. The summed E-state index contributed by atoms with van der Waals surface area (Å²) in [6, 6.07) is 10.5. The number of unbranched alkanes of at least 4 members (excludes halogenated alkanes) is 1. The van der Waals surface area contributed by atoms with Gasteiger partial charge in [0.2, 0.25) is 5.91 Å². The Morgan fingerprint density at radius 1 is 1.17 bits per heavy atom. The molecule has 126 valence electrons. The smallest absolute Gasteiger partial charge is 0.222 e. The Balaban J connectivity index is 1.43. The first kappa shape index (κ1) is 16.5. The Labute approximate surface area is 139 Å². The number of piperidine rings is 1. The Bertz CT molecular complexity index is 516. The zero-order chi connectivity index (χ0) is 16.1. The fourth-order valence-electron chi connectivity index (χ4n) is 4.38. The van der Waals surface area contributed by atoms with Crippen molar-refractivity contribution in [2.75, 3.05) is 13.1 Å². The van der Waals surface area contributed by atoms with Gasteiger partial charge in [0.25, 0.3) is 0 Å². The lowest BCUT2D eigenvalue weighted by atomic mass is 9.76. The van der Waals surface area contributed by atoms with E-state index >= 15 is 0 Å². The van der Waals surface area contributed by atoms with Crippen LogP contribution in [-0.4, -0.2) is 35.1 Å². The fourth-order valence-corrected chi connectivity index (χ4v) is 4.38. The van der Waals surface area contributed by atoms with Gasteiger partial charge in [-0.05, 0) is 50.5 Å². The molecule has 1 spiro atoms. The molecule has 23 heavy (non-hydrogen) atoms. The highest BCUT2D eigenvalue weighted by Gasteiger charge is 2.45. The summed E-state index contributed by atoms with van der Waals surface area (Å²) in [6.45, 7) is 1.66. The minimum Gasteiger partial charge on any atom is -0.392 e. The van der Waals surface area contributed by atoms with Crippen molar-refractivity contribution in [2.45, 2.75) is 63.9 Å². The predicted octanol–water partition coefficient (Wildman–Crippen LogP) is 3.55. The normalized spacial score (nSPS) is 27.5. The van der Waals surface area contributed by atoms with Crippen LogP contribution in [0, 0.1) is 5.41 Å². The summed E-state index contributed by atoms with van der Waals surface area (Å²) in [5, 5.41) is 10.3. The Kier molecular flexibility index (Phi) is 5.37. The molecule has 3 heteroatoms. The van der Waals surface area contributed by atoms with Gasteiger partial charge in [0.1, 0.15) is 0 Å². The molecule has 3 nitrogen and oxygen atoms in total. The molecule has 1 aliphatic heterocycles. The lowest BCUT2D eigenvalue weighted by Crippen LogP contribution is -2.49. The van der Waals surface area contributed by atoms with Crippen molar-refractivity contribution in [1.82, 2.24) is 4.90 Å². The predicted molar refractivity (Wildman–Crippen MR) is 92.1 cm³/mol. The Morgan fingerprint density at radius 2 is 1.96 bits per heavy atom. The summed E-state index contributed by atoms with van der Waals surface area (Å²) in [7, 11) is 0. The molecule has 3 rings (SSSR count). The first-order chi connectivity index (χ1) is 11.2. The molecular formula is C20H29NO2. The molecule has 2 atom stereocenters. The molecule has 2 fully saturated rings. The summed E-state index contributed by atoms with van der Waals surface area (Å²) >= 11 is 0. The van der Waals surface area contributed by atoms with Crippen LogP contribution in [0.15, 0.2) is 30.3 Å². The third kappa shape index (κ3) is 3.95. The highest BCUT2D eigenvalue weighted by Crippen LogP contribution is 2.45. The monoisotopic (exact) mass is 315 g/mol. The second-order valence-electron chi connectivity index (χ2n) is 7.38. The van der Waals surface area contributed by atoms with Gasteiger partial charge in [-0.15, -0.1) is 0 Å². The van der Waals surface area contributed by atoms with Gasteiger partial charge in [-0.3, -0.25) is 4.79 Å². The van der Waals surface area contributed by atoms with Crippen molar-refractivity contribution in [3.63, 3.8) is 0 Å². The molecule has 1 aromatic rings. The molecular weight excluding hydrogens is 286 g/mol. The maximum Gasteiger partial charge on any atom is 0.222 e. The van der Waals surface area contributed by atoms with Crippen LogP contribution in [0.2, 0.25) is 0 Å². The molecule has 0 aromatic heterocycles. The van der Waals surface area contributed by atoms with Gasteiger partial charge in [0.05, 0.1) is 6.10 Å². The van der Waals surface area contributed by atoms with E-state index in [9.17, 15) is 9.90 Å². The van der Waals surface area contributed by atoms with E-state index in [0.717, 1.165) is 64.5 Å². The first-order valence-electron chi connectivity index (χ1n) is 9.19. The minimum absolute atomic E-state index is 0.0119. The van der Waals surface area contributed by atoms with Crippen LogP contribution in [0.1, 0.15) is 56.9 Å². The van der Waals surface area contributed by atoms with E-state index in [4.69, 9.17) is 0 Å². The van der Waals surface area contributed by atoms with Crippen LogP contribution >= 0.6 is 0 Å². The van der Waals surface area contributed by atoms with Crippen LogP contribution in [-0.2, 0) is 11.2 Å². The van der Waals surface area contributed by atoms with Gasteiger partial charge in [-0.2, -0.15) is 0 Å². The zero-order valence-corrected chi connectivity index (χ0v) is 14.0. The molecule has 1 aliphatic carbocycles. The van der Waals surface area contributed by atoms with Crippen molar-refractivity contribution in [2.24, 2.45) is 5.41 Å². The number of likely N-dealkylation sites (tertiary alicyclic amines) is 1. The number of carbonyl (C=O) groups is 1. The topological polar surface area (TPSA) is 40.5 Å². The maximum atomic E-state index is 12.5. The van der Waals surface area contributed by atoms with E-state index < -0.39 is 0 Å². The van der Waals surface area contributed by atoms with Gasteiger partial charge in [0, 0.05) is 24.9 Å². The number of amides is 1. The van der Waals surface area contributed by atoms with Crippen LogP contribution in [0.5, 0.6) is 0 Å². The molecule has 1 aromatic carbocycles. The van der Waals surface area contributed by atoms with E-state index in [1.165, 1.54) is 5.56 Å². The quantitative estimate of drug-likeness (QED) is 0.844. The SMILES string of the molecule is O=C(CCCCc1ccccc1)N1CCC[C@]2(CCC[C@H]2O)C1. The third-order valence-electron chi connectivity index (χ3n) is 5.77. The molecule has 1 N–H and O–H groups in total. The molecule has 2 aliphatic rings. The first-order valence-corrected chi connectivity index (χ1v) is 9.19. The number of hydrogen-bond donors (Lipinski definition) is 1. The number of nitrogens with zero attached hydrogens (tertiary/aromatic N) is 1. The van der Waals surface area contributed by atoms with Gasteiger partial charge >= 0.3 is 0 Å². The summed E-state index contributed by atoms with van der Waals surface area (Å²) in [5.74, 6) is 0.288. The number of aliphatic hydroxyl groups is 1. The van der Waals surface area contributed by atoms with Crippen molar-refractivity contribution < 1.29 is 9.90 Å². The molecule has 0 unspecified atom stereocenters. The molecule has 0 radical (unpaired) electrons. The molecule has 1 heterocycles. The third-order valence-corrected chi connectivity index (χ3v) is 5.77. The average Bonchev–Trinajstić information content (AvgIpc) is 2.92. The van der Waals surface area contributed by atoms with Crippen molar-refractivity contribution in [3.8, 4) is 0 Å². The largest absolute Gasteiger partial charge is 0.392 e. The van der Waals surface area contributed by atoms with Crippen molar-refractivity contribution >= 4 is 5.91 Å². The fraction of sp³-hybridized carbons (Fsp3) is 0.650. The number of aryl methyl sites for hydroxylation is 1.